The summed E-state index contributed by atoms with van der Waals surface area (Å²) in [4.78, 5) is 23.3. The number of Topliss-reactive ketones (excluding diaryl/α,β-unsaturated/α-hetero) is 1. The molecule has 0 saturated heterocycles. The molecule has 0 bridgehead atoms. The molecule has 0 aliphatic rings. The van der Waals surface area contributed by atoms with Gasteiger partial charge < -0.3 is 4.74 Å². The van der Waals surface area contributed by atoms with E-state index in [1.165, 1.54) is 0 Å². The highest BCUT2D eigenvalue weighted by atomic mass is 16.5. The maximum absolute atomic E-state index is 11.8. The van der Waals surface area contributed by atoms with Crippen LogP contribution in [0.4, 0.5) is 0 Å². The first-order valence-corrected chi connectivity index (χ1v) is 5.67. The molecule has 0 rings (SSSR count). The molecule has 3 heteroatoms. The van der Waals surface area contributed by atoms with Gasteiger partial charge in [0.2, 0.25) is 0 Å². The second-order valence-electron chi connectivity index (χ2n) is 6.48. The fraction of sp³-hybridized carbons (Fsp3) is 0.846. The SMILES string of the molecule is CC(OC(=O)CC(C)(C)C)C(=O)C(C)(C)C. The Morgan fingerprint density at radius 2 is 1.50 bits per heavy atom. The van der Waals surface area contributed by atoms with E-state index in [-0.39, 0.29) is 17.2 Å². The molecule has 0 heterocycles. The minimum Gasteiger partial charge on any atom is -0.455 e. The van der Waals surface area contributed by atoms with Gasteiger partial charge in [-0.25, -0.2) is 0 Å². The fourth-order valence-electron chi connectivity index (χ4n) is 1.34. The lowest BCUT2D eigenvalue weighted by Gasteiger charge is -2.23. The standard InChI is InChI=1S/C13H24O3/c1-9(11(15)13(5,6)7)16-10(14)8-12(2,3)4/h9H,8H2,1-7H3. The van der Waals surface area contributed by atoms with Crippen molar-refractivity contribution in [2.45, 2.75) is 61.0 Å². The lowest BCUT2D eigenvalue weighted by molar-refractivity contribution is -0.158. The third-order valence-electron chi connectivity index (χ3n) is 2.09. The molecule has 16 heavy (non-hydrogen) atoms. The highest BCUT2D eigenvalue weighted by Gasteiger charge is 2.29. The van der Waals surface area contributed by atoms with Crippen LogP contribution in [0.1, 0.15) is 54.9 Å². The lowest BCUT2D eigenvalue weighted by atomic mass is 9.88. The van der Waals surface area contributed by atoms with E-state index < -0.39 is 11.5 Å². The van der Waals surface area contributed by atoms with Gasteiger partial charge >= 0.3 is 5.97 Å². The smallest absolute Gasteiger partial charge is 0.307 e. The summed E-state index contributed by atoms with van der Waals surface area (Å²) in [6.45, 7) is 13.0. The predicted molar refractivity (Wildman–Crippen MR) is 64.1 cm³/mol. The zero-order valence-electron chi connectivity index (χ0n) is 11.5. The summed E-state index contributed by atoms with van der Waals surface area (Å²) < 4.78 is 5.13. The number of ketones is 1. The van der Waals surface area contributed by atoms with Crippen molar-refractivity contribution in [1.82, 2.24) is 0 Å². The summed E-state index contributed by atoms with van der Waals surface area (Å²) in [5, 5.41) is 0. The quantitative estimate of drug-likeness (QED) is 0.697. The molecular weight excluding hydrogens is 204 g/mol. The molecule has 0 fully saturated rings. The van der Waals surface area contributed by atoms with Gasteiger partial charge in [0.05, 0.1) is 6.42 Å². The van der Waals surface area contributed by atoms with E-state index >= 15 is 0 Å². The molecule has 1 unspecified atom stereocenters. The van der Waals surface area contributed by atoms with Crippen molar-refractivity contribution in [3.05, 3.63) is 0 Å². The van der Waals surface area contributed by atoms with Crippen LogP contribution in [0.25, 0.3) is 0 Å². The van der Waals surface area contributed by atoms with E-state index in [0.29, 0.717) is 6.42 Å². The Bertz CT molecular complexity index is 266. The van der Waals surface area contributed by atoms with Gasteiger partial charge in [0.1, 0.15) is 0 Å². The molecular formula is C13H24O3. The van der Waals surface area contributed by atoms with E-state index in [9.17, 15) is 9.59 Å². The van der Waals surface area contributed by atoms with E-state index in [1.54, 1.807) is 6.92 Å². The first-order chi connectivity index (χ1) is 6.93. The molecule has 1 atom stereocenters. The first-order valence-electron chi connectivity index (χ1n) is 5.67. The summed E-state index contributed by atoms with van der Waals surface area (Å²) in [6, 6.07) is 0. The minimum atomic E-state index is -0.658. The van der Waals surface area contributed by atoms with Crippen molar-refractivity contribution >= 4 is 11.8 Å². The molecule has 94 valence electrons. The maximum atomic E-state index is 11.8. The molecule has 0 aromatic carbocycles. The number of ether oxygens (including phenoxy) is 1. The highest BCUT2D eigenvalue weighted by molar-refractivity contribution is 5.89. The summed E-state index contributed by atoms with van der Waals surface area (Å²) in [6.07, 6.45) is -0.329. The largest absolute Gasteiger partial charge is 0.455 e. The van der Waals surface area contributed by atoms with Crippen LogP contribution in [0, 0.1) is 10.8 Å². The second kappa shape index (κ2) is 4.98. The van der Waals surface area contributed by atoms with Gasteiger partial charge in [-0.15, -0.1) is 0 Å². The number of hydrogen-bond donors (Lipinski definition) is 0. The molecule has 0 aromatic rings. The monoisotopic (exact) mass is 228 g/mol. The minimum absolute atomic E-state index is 0.0465. The Labute approximate surface area is 98.6 Å². The van der Waals surface area contributed by atoms with Crippen molar-refractivity contribution < 1.29 is 14.3 Å². The van der Waals surface area contributed by atoms with Crippen molar-refractivity contribution in [1.29, 1.82) is 0 Å². The van der Waals surface area contributed by atoms with Gasteiger partial charge in [0, 0.05) is 5.41 Å². The number of esters is 1. The zero-order chi connectivity index (χ0) is 13.1. The van der Waals surface area contributed by atoms with Crippen LogP contribution in [0.2, 0.25) is 0 Å². The van der Waals surface area contributed by atoms with Gasteiger partial charge in [0.25, 0.3) is 0 Å². The maximum Gasteiger partial charge on any atom is 0.307 e. The van der Waals surface area contributed by atoms with E-state index in [0.717, 1.165) is 0 Å². The third kappa shape index (κ3) is 5.89. The molecule has 0 N–H and O–H groups in total. The van der Waals surface area contributed by atoms with Crippen LogP contribution in [-0.2, 0) is 14.3 Å². The lowest BCUT2D eigenvalue weighted by Crippen LogP contribution is -2.34. The van der Waals surface area contributed by atoms with Crippen molar-refractivity contribution in [2.75, 3.05) is 0 Å². The van der Waals surface area contributed by atoms with E-state index in [1.807, 2.05) is 41.5 Å². The Morgan fingerprint density at radius 3 is 1.81 bits per heavy atom. The Morgan fingerprint density at radius 1 is 1.06 bits per heavy atom. The molecule has 0 aliphatic heterocycles. The Hall–Kier alpha value is -0.860. The van der Waals surface area contributed by atoms with Gasteiger partial charge in [-0.1, -0.05) is 41.5 Å². The predicted octanol–water partition coefficient (Wildman–Crippen LogP) is 2.97. The zero-order valence-corrected chi connectivity index (χ0v) is 11.5. The topological polar surface area (TPSA) is 43.4 Å². The number of hydrogen-bond acceptors (Lipinski definition) is 3. The number of carbonyl (C=O) groups is 2. The van der Waals surface area contributed by atoms with Gasteiger partial charge in [0.15, 0.2) is 11.9 Å². The summed E-state index contributed by atoms with van der Waals surface area (Å²) in [5.74, 6) is -0.354. The van der Waals surface area contributed by atoms with E-state index in [4.69, 9.17) is 4.74 Å². The van der Waals surface area contributed by atoms with Gasteiger partial charge in [-0.3, -0.25) is 9.59 Å². The first kappa shape index (κ1) is 15.1. The average Bonchev–Trinajstić information content (AvgIpc) is 1.96. The molecule has 0 spiro atoms. The molecule has 3 nitrogen and oxygen atoms in total. The summed E-state index contributed by atoms with van der Waals surface area (Å²) in [5.41, 5.74) is -0.580. The molecule has 0 radical (unpaired) electrons. The summed E-state index contributed by atoms with van der Waals surface area (Å²) >= 11 is 0. The van der Waals surface area contributed by atoms with Crippen LogP contribution in [0.15, 0.2) is 0 Å². The van der Waals surface area contributed by atoms with Crippen LogP contribution in [0.5, 0.6) is 0 Å². The van der Waals surface area contributed by atoms with Crippen molar-refractivity contribution in [3.8, 4) is 0 Å². The molecule has 0 saturated carbocycles. The van der Waals surface area contributed by atoms with Gasteiger partial charge in [-0.05, 0) is 12.3 Å². The Kier molecular flexibility index (Phi) is 4.71. The van der Waals surface area contributed by atoms with Crippen molar-refractivity contribution in [2.24, 2.45) is 10.8 Å². The normalized spacial score (nSPS) is 14.4. The van der Waals surface area contributed by atoms with Crippen LogP contribution in [-0.4, -0.2) is 17.9 Å². The second-order valence-corrected chi connectivity index (χ2v) is 6.48. The average molecular weight is 228 g/mol. The van der Waals surface area contributed by atoms with Gasteiger partial charge in [-0.2, -0.15) is 0 Å². The van der Waals surface area contributed by atoms with Crippen LogP contribution < -0.4 is 0 Å². The molecule has 0 aliphatic carbocycles. The Balaban J connectivity index is 4.32. The van der Waals surface area contributed by atoms with Crippen LogP contribution >= 0.6 is 0 Å². The number of rotatable bonds is 3. The molecule has 0 aromatic heterocycles. The fourth-order valence-corrected chi connectivity index (χ4v) is 1.34. The number of carbonyl (C=O) groups excluding carboxylic acids is 2. The van der Waals surface area contributed by atoms with E-state index in [2.05, 4.69) is 0 Å². The highest BCUT2D eigenvalue weighted by Crippen LogP contribution is 2.22. The van der Waals surface area contributed by atoms with Crippen LogP contribution in [0.3, 0.4) is 0 Å². The van der Waals surface area contributed by atoms with Crippen molar-refractivity contribution in [3.63, 3.8) is 0 Å². The third-order valence-corrected chi connectivity index (χ3v) is 2.09. The summed E-state index contributed by atoms with van der Waals surface area (Å²) in [7, 11) is 0. The molecule has 0 amide bonds.